The number of methoxy groups -OCH3 is 1. The van der Waals surface area contributed by atoms with E-state index in [2.05, 4.69) is 15.5 Å². The number of piperazine rings is 1. The molecule has 3 aromatic carbocycles. The fraction of sp³-hybridized carbons (Fsp3) is 0.286. The van der Waals surface area contributed by atoms with Crippen molar-refractivity contribution >= 4 is 27.5 Å². The minimum Gasteiger partial charge on any atom is -0.383 e. The van der Waals surface area contributed by atoms with E-state index in [4.69, 9.17) is 4.74 Å². The Morgan fingerprint density at radius 2 is 1.58 bits per heavy atom. The molecular weight excluding hydrogens is 504 g/mol. The van der Waals surface area contributed by atoms with Gasteiger partial charge in [0.15, 0.2) is 0 Å². The van der Waals surface area contributed by atoms with Gasteiger partial charge < -0.3 is 15.4 Å². The monoisotopic (exact) mass is 536 g/mol. The molecule has 0 spiro atoms. The van der Waals surface area contributed by atoms with E-state index in [9.17, 15) is 18.0 Å². The van der Waals surface area contributed by atoms with Crippen molar-refractivity contribution in [1.82, 2.24) is 14.5 Å². The van der Waals surface area contributed by atoms with Gasteiger partial charge in [0.1, 0.15) is 0 Å². The van der Waals surface area contributed by atoms with E-state index < -0.39 is 10.0 Å². The summed E-state index contributed by atoms with van der Waals surface area (Å²) in [4.78, 5) is 28.0. The van der Waals surface area contributed by atoms with Crippen molar-refractivity contribution in [3.8, 4) is 0 Å². The van der Waals surface area contributed by atoms with Crippen molar-refractivity contribution in [1.29, 1.82) is 0 Å². The van der Waals surface area contributed by atoms with Gasteiger partial charge in [-0.3, -0.25) is 14.5 Å². The van der Waals surface area contributed by atoms with E-state index in [1.807, 2.05) is 18.2 Å². The third-order valence-corrected chi connectivity index (χ3v) is 8.23. The van der Waals surface area contributed by atoms with Crippen molar-refractivity contribution in [2.24, 2.45) is 0 Å². The molecule has 0 radical (unpaired) electrons. The fourth-order valence-corrected chi connectivity index (χ4v) is 5.73. The van der Waals surface area contributed by atoms with Crippen LogP contribution in [0.2, 0.25) is 0 Å². The lowest BCUT2D eigenvalue weighted by Gasteiger charge is -2.34. The van der Waals surface area contributed by atoms with Crippen LogP contribution in [0.4, 0.5) is 5.69 Å². The topological polar surface area (TPSA) is 108 Å². The summed E-state index contributed by atoms with van der Waals surface area (Å²) < 4.78 is 32.3. The summed E-state index contributed by atoms with van der Waals surface area (Å²) in [6.07, 6.45) is 0. The van der Waals surface area contributed by atoms with Crippen molar-refractivity contribution in [2.75, 3.05) is 51.8 Å². The first-order valence-corrected chi connectivity index (χ1v) is 13.9. The number of hydrogen-bond acceptors (Lipinski definition) is 6. The summed E-state index contributed by atoms with van der Waals surface area (Å²) in [6.45, 7) is 3.35. The largest absolute Gasteiger partial charge is 0.383 e. The Kier molecular flexibility index (Phi) is 9.24. The molecule has 3 aromatic rings. The zero-order valence-electron chi connectivity index (χ0n) is 21.3. The summed E-state index contributed by atoms with van der Waals surface area (Å²) in [5.41, 5.74) is 2.22. The molecular formula is C28H32N4O5S. The zero-order chi connectivity index (χ0) is 27.0. The highest BCUT2D eigenvalue weighted by atomic mass is 32.2. The number of para-hydroxylation sites is 1. The SMILES string of the molecule is COCCNC(=O)c1ccccc1NC(=O)c1cccc(CN2CCN(S(=O)(=O)c3ccccc3)CC2)c1. The van der Waals surface area contributed by atoms with Gasteiger partial charge in [0.25, 0.3) is 11.8 Å². The van der Waals surface area contributed by atoms with Crippen LogP contribution in [0.1, 0.15) is 26.3 Å². The lowest BCUT2D eigenvalue weighted by atomic mass is 10.1. The van der Waals surface area contributed by atoms with Crippen LogP contribution in [-0.4, -0.2) is 75.9 Å². The van der Waals surface area contributed by atoms with E-state index in [0.717, 1.165) is 5.56 Å². The summed E-state index contributed by atoms with van der Waals surface area (Å²) in [5.74, 6) is -0.608. The molecule has 1 saturated heterocycles. The molecule has 1 heterocycles. The number of carbonyl (C=O) groups is 2. The highest BCUT2D eigenvalue weighted by Gasteiger charge is 2.28. The molecule has 0 bridgehead atoms. The van der Waals surface area contributed by atoms with Gasteiger partial charge in [0.05, 0.1) is 22.8 Å². The molecule has 0 atom stereocenters. The van der Waals surface area contributed by atoms with E-state index >= 15 is 0 Å². The summed E-state index contributed by atoms with van der Waals surface area (Å²) in [6, 6.07) is 22.6. The van der Waals surface area contributed by atoms with E-state index in [0.29, 0.717) is 67.6 Å². The molecule has 9 nitrogen and oxygen atoms in total. The van der Waals surface area contributed by atoms with Crippen LogP contribution >= 0.6 is 0 Å². The van der Waals surface area contributed by atoms with Gasteiger partial charge in [-0.2, -0.15) is 4.31 Å². The molecule has 1 aliphatic rings. The highest BCUT2D eigenvalue weighted by Crippen LogP contribution is 2.20. The highest BCUT2D eigenvalue weighted by molar-refractivity contribution is 7.89. The van der Waals surface area contributed by atoms with Gasteiger partial charge in [-0.25, -0.2) is 8.42 Å². The Morgan fingerprint density at radius 3 is 2.32 bits per heavy atom. The lowest BCUT2D eigenvalue weighted by molar-refractivity contribution is 0.0938. The smallest absolute Gasteiger partial charge is 0.255 e. The Labute approximate surface area is 223 Å². The molecule has 10 heteroatoms. The predicted molar refractivity (Wildman–Crippen MR) is 146 cm³/mol. The minimum absolute atomic E-state index is 0.292. The third-order valence-electron chi connectivity index (χ3n) is 6.32. The average molecular weight is 537 g/mol. The van der Waals surface area contributed by atoms with Crippen molar-refractivity contribution in [3.63, 3.8) is 0 Å². The quantitative estimate of drug-likeness (QED) is 0.386. The van der Waals surface area contributed by atoms with Crippen LogP contribution in [0.5, 0.6) is 0 Å². The van der Waals surface area contributed by atoms with E-state index in [-0.39, 0.29) is 11.8 Å². The number of ether oxygens (including phenoxy) is 1. The molecule has 1 fully saturated rings. The van der Waals surface area contributed by atoms with Gasteiger partial charge >= 0.3 is 0 Å². The third kappa shape index (κ3) is 6.84. The number of benzene rings is 3. The van der Waals surface area contributed by atoms with Gasteiger partial charge in [0, 0.05) is 51.9 Å². The Balaban J connectivity index is 1.36. The summed E-state index contributed by atoms with van der Waals surface area (Å²) in [5, 5.41) is 5.62. The molecule has 0 aromatic heterocycles. The number of hydrogen-bond donors (Lipinski definition) is 2. The first-order valence-electron chi connectivity index (χ1n) is 12.4. The maximum absolute atomic E-state index is 13.0. The van der Waals surface area contributed by atoms with Gasteiger partial charge in [-0.15, -0.1) is 0 Å². The standard InChI is InChI=1S/C28H32N4O5S/c1-37-19-14-29-28(34)25-12-5-6-13-26(25)30-27(33)23-9-7-8-22(20-23)21-31-15-17-32(18-16-31)38(35,36)24-10-3-2-4-11-24/h2-13,20H,14-19,21H2,1H3,(H,29,34)(H,30,33). The van der Waals surface area contributed by atoms with Crippen LogP contribution in [0.3, 0.4) is 0 Å². The van der Waals surface area contributed by atoms with Crippen LogP contribution in [-0.2, 0) is 21.3 Å². The van der Waals surface area contributed by atoms with Gasteiger partial charge in [-0.05, 0) is 42.0 Å². The number of sulfonamides is 1. The molecule has 2 amide bonds. The first-order chi connectivity index (χ1) is 18.4. The molecule has 38 heavy (non-hydrogen) atoms. The number of amides is 2. The molecule has 0 unspecified atom stereocenters. The Bertz CT molecular complexity index is 1360. The second kappa shape index (κ2) is 12.8. The number of nitrogens with one attached hydrogen (secondary N) is 2. The number of carbonyl (C=O) groups excluding carboxylic acids is 2. The number of nitrogens with zero attached hydrogens (tertiary/aromatic N) is 2. The molecule has 200 valence electrons. The van der Waals surface area contributed by atoms with Gasteiger partial charge in [-0.1, -0.05) is 42.5 Å². The molecule has 0 aliphatic carbocycles. The van der Waals surface area contributed by atoms with Gasteiger partial charge in [0.2, 0.25) is 10.0 Å². The summed E-state index contributed by atoms with van der Waals surface area (Å²) >= 11 is 0. The average Bonchev–Trinajstić information content (AvgIpc) is 2.94. The minimum atomic E-state index is -3.50. The summed E-state index contributed by atoms with van der Waals surface area (Å²) in [7, 11) is -1.94. The molecule has 4 rings (SSSR count). The molecule has 2 N–H and O–H groups in total. The zero-order valence-corrected chi connectivity index (χ0v) is 22.1. The normalized spacial score (nSPS) is 14.7. The van der Waals surface area contributed by atoms with Crippen LogP contribution in [0.15, 0.2) is 83.8 Å². The Hall–Kier alpha value is -3.57. The second-order valence-electron chi connectivity index (χ2n) is 8.94. The fourth-order valence-electron chi connectivity index (χ4n) is 4.29. The van der Waals surface area contributed by atoms with E-state index in [1.54, 1.807) is 67.8 Å². The Morgan fingerprint density at radius 1 is 0.868 bits per heavy atom. The van der Waals surface area contributed by atoms with Crippen LogP contribution < -0.4 is 10.6 Å². The first kappa shape index (κ1) is 27.5. The van der Waals surface area contributed by atoms with Crippen LogP contribution in [0.25, 0.3) is 0 Å². The van der Waals surface area contributed by atoms with Crippen LogP contribution in [0, 0.1) is 0 Å². The predicted octanol–water partition coefficient (Wildman–Crippen LogP) is 2.82. The van der Waals surface area contributed by atoms with Crippen molar-refractivity contribution in [2.45, 2.75) is 11.4 Å². The lowest BCUT2D eigenvalue weighted by Crippen LogP contribution is -2.48. The van der Waals surface area contributed by atoms with Crippen molar-refractivity contribution in [3.05, 3.63) is 95.6 Å². The maximum atomic E-state index is 13.0. The van der Waals surface area contributed by atoms with E-state index in [1.165, 1.54) is 4.31 Å². The molecule has 0 saturated carbocycles. The molecule has 1 aliphatic heterocycles. The number of rotatable bonds is 10. The maximum Gasteiger partial charge on any atom is 0.255 e. The van der Waals surface area contributed by atoms with Crippen molar-refractivity contribution < 1.29 is 22.7 Å². The number of anilines is 1. The second-order valence-corrected chi connectivity index (χ2v) is 10.9.